The van der Waals surface area contributed by atoms with E-state index in [1.54, 1.807) is 0 Å². The molecule has 3 N–H and O–H groups in total. The van der Waals surface area contributed by atoms with Crippen LogP contribution in [0.5, 0.6) is 0 Å². The molecule has 2 saturated heterocycles. The lowest BCUT2D eigenvalue weighted by atomic mass is 9.51. The molecule has 0 aromatic carbocycles. The zero-order valence-electron chi connectivity index (χ0n) is 19.9. The number of hydrogen-bond acceptors (Lipinski definition) is 4. The van der Waals surface area contributed by atoms with Gasteiger partial charge in [0.25, 0.3) is 0 Å². The first-order chi connectivity index (χ1) is 14.7. The highest BCUT2D eigenvalue weighted by Gasteiger charge is 2.64. The summed E-state index contributed by atoms with van der Waals surface area (Å²) in [5, 5.41) is 33.3. The van der Waals surface area contributed by atoms with E-state index in [2.05, 4.69) is 25.7 Å². The summed E-state index contributed by atoms with van der Waals surface area (Å²) in [5.74, 6) is 4.89. The van der Waals surface area contributed by atoms with Crippen molar-refractivity contribution in [1.29, 1.82) is 0 Å². The number of aliphatic hydroxyl groups is 3. The Hall–Kier alpha value is -0.160. The van der Waals surface area contributed by atoms with Crippen LogP contribution in [-0.4, -0.2) is 57.2 Å². The second-order valence-electron chi connectivity index (χ2n) is 13.4. The van der Waals surface area contributed by atoms with Crippen LogP contribution in [0.4, 0.5) is 0 Å². The van der Waals surface area contributed by atoms with Crippen LogP contribution in [0.25, 0.3) is 0 Å². The molecule has 2 aliphatic heterocycles. The molecular weight excluding hydrogens is 386 g/mol. The highest BCUT2D eigenvalue weighted by molar-refractivity contribution is 5.14. The van der Waals surface area contributed by atoms with Gasteiger partial charge < -0.3 is 15.3 Å². The average Bonchev–Trinajstić information content (AvgIpc) is 3.09. The largest absolute Gasteiger partial charge is 0.393 e. The van der Waals surface area contributed by atoms with Crippen LogP contribution in [0.15, 0.2) is 0 Å². The summed E-state index contributed by atoms with van der Waals surface area (Å²) >= 11 is 0. The molecule has 0 aromatic heterocycles. The molecule has 0 unspecified atom stereocenters. The average molecular weight is 432 g/mol. The van der Waals surface area contributed by atoms with Gasteiger partial charge in [-0.15, -0.1) is 0 Å². The Morgan fingerprint density at radius 2 is 1.55 bits per heavy atom. The van der Waals surface area contributed by atoms with Crippen molar-refractivity contribution >= 4 is 0 Å². The quantitative estimate of drug-likeness (QED) is 0.547. The number of aliphatic hydroxyl groups excluding tert-OH is 2. The maximum atomic E-state index is 11.8. The fraction of sp³-hybridized carbons (Fsp3) is 1.00. The van der Waals surface area contributed by atoms with Gasteiger partial charge in [-0.25, -0.2) is 0 Å². The Labute approximate surface area is 188 Å². The minimum atomic E-state index is -0.553. The van der Waals surface area contributed by atoms with Gasteiger partial charge in [0.2, 0.25) is 0 Å². The predicted molar refractivity (Wildman–Crippen MR) is 121 cm³/mol. The molecule has 176 valence electrons. The second-order valence-corrected chi connectivity index (χ2v) is 13.4. The minimum absolute atomic E-state index is 0.188. The Balaban J connectivity index is 1.30. The number of nitrogens with zero attached hydrogens (tertiary/aromatic N) is 1. The second kappa shape index (κ2) is 7.17. The first-order valence-corrected chi connectivity index (χ1v) is 13.5. The van der Waals surface area contributed by atoms with Gasteiger partial charge in [-0.05, 0) is 117 Å². The standard InChI is InChI=1S/C27H45NO3/c1-15-4-7-25-27(3,31)21-6-5-17-18(20(21)14-28(25)13-15)11-22-19(17)12-24(30)23-10-16(29)8-9-26(22,23)2/h15-25,29-31H,4-14H2,1-3H3/t15-,16+,17+,18+,19-,20+,21+,22+,23+,24-,25-,26+,27-/m0/s1. The first kappa shape index (κ1) is 21.4. The molecular formula is C27H45NO3. The summed E-state index contributed by atoms with van der Waals surface area (Å²) < 4.78 is 0. The van der Waals surface area contributed by atoms with Crippen molar-refractivity contribution < 1.29 is 15.3 Å². The summed E-state index contributed by atoms with van der Waals surface area (Å²) in [6, 6.07) is 0.355. The van der Waals surface area contributed by atoms with Gasteiger partial charge in [0.05, 0.1) is 17.8 Å². The molecule has 31 heavy (non-hydrogen) atoms. The van der Waals surface area contributed by atoms with Gasteiger partial charge in [-0.1, -0.05) is 13.8 Å². The minimum Gasteiger partial charge on any atom is -0.393 e. The number of piperidine rings is 2. The Kier molecular flexibility index (Phi) is 4.94. The first-order valence-electron chi connectivity index (χ1n) is 13.5. The van der Waals surface area contributed by atoms with Crippen molar-refractivity contribution in [2.75, 3.05) is 13.1 Å². The molecule has 2 heterocycles. The molecule has 4 nitrogen and oxygen atoms in total. The highest BCUT2D eigenvalue weighted by Crippen LogP contribution is 2.67. The summed E-state index contributed by atoms with van der Waals surface area (Å²) in [6.07, 6.45) is 9.43. The van der Waals surface area contributed by atoms with Crippen molar-refractivity contribution in [3.05, 3.63) is 0 Å². The molecule has 0 aromatic rings. The van der Waals surface area contributed by atoms with Gasteiger partial charge in [0, 0.05) is 19.1 Å². The molecule has 0 bridgehead atoms. The fourth-order valence-corrected chi connectivity index (χ4v) is 10.6. The van der Waals surface area contributed by atoms with Gasteiger partial charge in [-0.2, -0.15) is 0 Å². The number of rotatable bonds is 0. The van der Waals surface area contributed by atoms with E-state index >= 15 is 0 Å². The maximum absolute atomic E-state index is 11.8. The SMILES string of the molecule is C[C@H]1CC[C@@H]2N(C1)C[C@@H]1[C@@H]3C[C@@H]4[C@@H](C[C@H](O)[C@H]5C[C@H](O)CC[C@]45C)[C@@H]3CC[C@H]1[C@]2(C)O. The van der Waals surface area contributed by atoms with Crippen LogP contribution < -0.4 is 0 Å². The summed E-state index contributed by atoms with van der Waals surface area (Å²) in [4.78, 5) is 2.68. The van der Waals surface area contributed by atoms with Crippen molar-refractivity contribution in [3.63, 3.8) is 0 Å². The van der Waals surface area contributed by atoms with Crippen molar-refractivity contribution in [3.8, 4) is 0 Å². The molecule has 0 amide bonds. The molecule has 4 saturated carbocycles. The molecule has 4 heteroatoms. The number of fused-ring (bicyclic) bond motifs is 8. The lowest BCUT2D eigenvalue weighted by molar-refractivity contribution is -0.176. The lowest BCUT2D eigenvalue weighted by Crippen LogP contribution is -2.67. The highest BCUT2D eigenvalue weighted by atomic mass is 16.3. The lowest BCUT2D eigenvalue weighted by Gasteiger charge is -2.60. The molecule has 0 spiro atoms. The fourth-order valence-electron chi connectivity index (χ4n) is 10.6. The van der Waals surface area contributed by atoms with Crippen molar-refractivity contribution in [2.45, 2.75) is 102 Å². The molecule has 6 fully saturated rings. The van der Waals surface area contributed by atoms with Gasteiger partial charge in [-0.3, -0.25) is 4.90 Å². The van der Waals surface area contributed by atoms with Crippen molar-refractivity contribution in [1.82, 2.24) is 4.90 Å². The maximum Gasteiger partial charge on any atom is 0.0805 e. The number of hydrogen-bond donors (Lipinski definition) is 3. The third-order valence-corrected chi connectivity index (χ3v) is 12.0. The van der Waals surface area contributed by atoms with Gasteiger partial charge >= 0.3 is 0 Å². The van der Waals surface area contributed by atoms with E-state index in [9.17, 15) is 15.3 Å². The topological polar surface area (TPSA) is 63.9 Å². The van der Waals surface area contributed by atoms with Gasteiger partial charge in [0.15, 0.2) is 0 Å². The van der Waals surface area contributed by atoms with E-state index in [1.807, 2.05) is 0 Å². The van der Waals surface area contributed by atoms with E-state index in [0.717, 1.165) is 50.5 Å². The van der Waals surface area contributed by atoms with E-state index in [4.69, 9.17) is 0 Å². The normalized spacial score (nSPS) is 61.5. The zero-order chi connectivity index (χ0) is 21.7. The molecule has 4 aliphatic carbocycles. The monoisotopic (exact) mass is 431 g/mol. The molecule has 13 atom stereocenters. The Morgan fingerprint density at radius 3 is 2.35 bits per heavy atom. The summed E-state index contributed by atoms with van der Waals surface area (Å²) in [6.45, 7) is 9.36. The van der Waals surface area contributed by atoms with Crippen LogP contribution in [0.2, 0.25) is 0 Å². The smallest absolute Gasteiger partial charge is 0.0805 e. The van der Waals surface area contributed by atoms with E-state index < -0.39 is 5.60 Å². The predicted octanol–water partition coefficient (Wildman–Crippen LogP) is 3.68. The third kappa shape index (κ3) is 3.00. The third-order valence-electron chi connectivity index (χ3n) is 12.0. The van der Waals surface area contributed by atoms with Crippen molar-refractivity contribution in [2.24, 2.45) is 52.8 Å². The van der Waals surface area contributed by atoms with Crippen LogP contribution in [0, 0.1) is 52.8 Å². The van der Waals surface area contributed by atoms with Crippen LogP contribution in [-0.2, 0) is 0 Å². The Morgan fingerprint density at radius 1 is 0.742 bits per heavy atom. The molecule has 0 radical (unpaired) electrons. The van der Waals surface area contributed by atoms with Crippen LogP contribution >= 0.6 is 0 Å². The summed E-state index contributed by atoms with van der Waals surface area (Å²) in [5.41, 5.74) is -0.365. The van der Waals surface area contributed by atoms with Crippen LogP contribution in [0.1, 0.15) is 78.6 Å². The Bertz CT molecular complexity index is 711. The van der Waals surface area contributed by atoms with E-state index in [1.165, 1.54) is 32.2 Å². The van der Waals surface area contributed by atoms with E-state index in [-0.39, 0.29) is 23.5 Å². The molecule has 6 rings (SSSR count). The van der Waals surface area contributed by atoms with E-state index in [0.29, 0.717) is 35.6 Å². The summed E-state index contributed by atoms with van der Waals surface area (Å²) in [7, 11) is 0. The van der Waals surface area contributed by atoms with Gasteiger partial charge in [0.1, 0.15) is 0 Å². The van der Waals surface area contributed by atoms with Crippen LogP contribution in [0.3, 0.4) is 0 Å². The zero-order valence-corrected chi connectivity index (χ0v) is 19.9. The molecule has 6 aliphatic rings.